The molecule has 1 amide bonds. The number of likely N-dealkylation sites (tertiary alicyclic amines) is 1. The summed E-state index contributed by atoms with van der Waals surface area (Å²) < 4.78 is 7.09. The molecule has 6 nitrogen and oxygen atoms in total. The van der Waals surface area contributed by atoms with Gasteiger partial charge in [0.05, 0.1) is 6.26 Å². The van der Waals surface area contributed by atoms with Crippen molar-refractivity contribution in [2.45, 2.75) is 64.1 Å². The van der Waals surface area contributed by atoms with E-state index in [1.54, 1.807) is 35.3 Å². The summed E-state index contributed by atoms with van der Waals surface area (Å²) in [7, 11) is 0. The van der Waals surface area contributed by atoms with Crippen LogP contribution in [0, 0.1) is 0 Å². The van der Waals surface area contributed by atoms with Gasteiger partial charge in [-0.3, -0.25) is 9.48 Å². The van der Waals surface area contributed by atoms with Gasteiger partial charge in [0, 0.05) is 31.2 Å². The van der Waals surface area contributed by atoms with Crippen molar-refractivity contribution in [1.82, 2.24) is 14.7 Å². The highest BCUT2D eigenvalue weighted by molar-refractivity contribution is 5.92. The molecule has 1 N–H and O–H groups in total. The molecule has 3 rings (SSSR count). The largest absolute Gasteiger partial charge is 0.467 e. The molecule has 136 valence electrons. The van der Waals surface area contributed by atoms with Crippen molar-refractivity contribution < 1.29 is 14.3 Å². The van der Waals surface area contributed by atoms with Crippen LogP contribution < -0.4 is 0 Å². The van der Waals surface area contributed by atoms with E-state index in [4.69, 9.17) is 4.42 Å². The van der Waals surface area contributed by atoms with E-state index >= 15 is 0 Å². The SMILES string of the molecule is CC(C)n1nccc1C(=O)N1CCCCC[C@H]1C[C@@H](O)c1ccco1. The van der Waals surface area contributed by atoms with Gasteiger partial charge in [-0.05, 0) is 44.9 Å². The van der Waals surface area contributed by atoms with E-state index < -0.39 is 6.10 Å². The number of nitrogens with zero attached hydrogens (tertiary/aromatic N) is 3. The van der Waals surface area contributed by atoms with Crippen LogP contribution in [-0.2, 0) is 0 Å². The monoisotopic (exact) mass is 345 g/mol. The number of aliphatic hydroxyl groups is 1. The molecule has 1 fully saturated rings. The third-order valence-electron chi connectivity index (χ3n) is 4.88. The van der Waals surface area contributed by atoms with E-state index in [0.717, 1.165) is 32.2 Å². The normalized spacial score (nSPS) is 19.8. The van der Waals surface area contributed by atoms with Gasteiger partial charge in [-0.2, -0.15) is 5.10 Å². The Bertz CT molecular complexity index is 678. The van der Waals surface area contributed by atoms with E-state index in [1.807, 2.05) is 18.7 Å². The van der Waals surface area contributed by atoms with Crippen molar-refractivity contribution >= 4 is 5.91 Å². The van der Waals surface area contributed by atoms with Crippen molar-refractivity contribution in [3.8, 4) is 0 Å². The molecular weight excluding hydrogens is 318 g/mol. The van der Waals surface area contributed by atoms with E-state index in [2.05, 4.69) is 5.10 Å². The quantitative estimate of drug-likeness (QED) is 0.899. The number of aromatic nitrogens is 2. The predicted molar refractivity (Wildman–Crippen MR) is 94.2 cm³/mol. The number of hydrogen-bond donors (Lipinski definition) is 1. The van der Waals surface area contributed by atoms with Crippen molar-refractivity contribution in [2.24, 2.45) is 0 Å². The minimum atomic E-state index is -0.691. The standard InChI is InChI=1S/C19H27N3O3/c1-14(2)22-16(9-10-20-22)19(24)21-11-5-3-4-7-15(21)13-17(23)18-8-6-12-25-18/h6,8-10,12,14-15,17,23H,3-5,7,11,13H2,1-2H3/t15-,17+/m0/s1. The number of carbonyl (C=O) groups is 1. The van der Waals surface area contributed by atoms with E-state index in [-0.39, 0.29) is 18.0 Å². The lowest BCUT2D eigenvalue weighted by atomic mass is 10.0. The van der Waals surface area contributed by atoms with Crippen LogP contribution in [0.4, 0.5) is 0 Å². The molecule has 2 atom stereocenters. The molecule has 1 aliphatic rings. The van der Waals surface area contributed by atoms with Crippen molar-refractivity contribution in [3.63, 3.8) is 0 Å². The van der Waals surface area contributed by atoms with Crippen LogP contribution in [0.25, 0.3) is 0 Å². The molecule has 25 heavy (non-hydrogen) atoms. The molecule has 6 heteroatoms. The topological polar surface area (TPSA) is 71.5 Å². The zero-order chi connectivity index (χ0) is 17.8. The van der Waals surface area contributed by atoms with E-state index in [9.17, 15) is 9.90 Å². The summed E-state index contributed by atoms with van der Waals surface area (Å²) in [6.07, 6.45) is 7.13. The summed E-state index contributed by atoms with van der Waals surface area (Å²) >= 11 is 0. The fourth-order valence-corrected chi connectivity index (χ4v) is 3.59. The first-order valence-corrected chi connectivity index (χ1v) is 9.14. The first-order valence-electron chi connectivity index (χ1n) is 9.14. The molecule has 2 aromatic rings. The van der Waals surface area contributed by atoms with Gasteiger partial charge < -0.3 is 14.4 Å². The van der Waals surface area contributed by atoms with Crippen LogP contribution in [0.2, 0.25) is 0 Å². The van der Waals surface area contributed by atoms with Crippen LogP contribution in [0.3, 0.4) is 0 Å². The minimum absolute atomic E-state index is 0.00439. The highest BCUT2D eigenvalue weighted by Gasteiger charge is 2.30. The number of hydrogen-bond acceptors (Lipinski definition) is 4. The average molecular weight is 345 g/mol. The molecule has 2 aromatic heterocycles. The van der Waals surface area contributed by atoms with Gasteiger partial charge in [-0.15, -0.1) is 0 Å². The second-order valence-electron chi connectivity index (χ2n) is 7.02. The summed E-state index contributed by atoms with van der Waals surface area (Å²) in [5.41, 5.74) is 0.620. The van der Waals surface area contributed by atoms with Crippen molar-refractivity contribution in [1.29, 1.82) is 0 Å². The predicted octanol–water partition coefficient (Wildman–Crippen LogP) is 3.57. The van der Waals surface area contributed by atoms with Gasteiger partial charge in [-0.1, -0.05) is 12.8 Å². The summed E-state index contributed by atoms with van der Waals surface area (Å²) in [5.74, 6) is 0.564. The third kappa shape index (κ3) is 3.95. The molecule has 1 aliphatic heterocycles. The molecule has 0 bridgehead atoms. The Hall–Kier alpha value is -2.08. The van der Waals surface area contributed by atoms with Crippen LogP contribution >= 0.6 is 0 Å². The maximum atomic E-state index is 13.2. The zero-order valence-corrected chi connectivity index (χ0v) is 15.0. The molecule has 0 aliphatic carbocycles. The second-order valence-corrected chi connectivity index (χ2v) is 7.02. The number of rotatable bonds is 5. The van der Waals surface area contributed by atoms with Gasteiger partial charge in [-0.25, -0.2) is 0 Å². The molecule has 1 saturated heterocycles. The number of amides is 1. The molecule has 3 heterocycles. The Kier molecular flexibility index (Phi) is 5.58. The Morgan fingerprint density at radius 2 is 2.20 bits per heavy atom. The lowest BCUT2D eigenvalue weighted by Gasteiger charge is -2.31. The summed E-state index contributed by atoms with van der Waals surface area (Å²) in [4.78, 5) is 15.1. The highest BCUT2D eigenvalue weighted by Crippen LogP contribution is 2.28. The first kappa shape index (κ1) is 17.7. The number of aliphatic hydroxyl groups excluding tert-OH is 1. The second kappa shape index (κ2) is 7.87. The minimum Gasteiger partial charge on any atom is -0.467 e. The molecule has 0 spiro atoms. The number of furan rings is 1. The van der Waals surface area contributed by atoms with Crippen molar-refractivity contribution in [2.75, 3.05) is 6.54 Å². The van der Waals surface area contributed by atoms with Gasteiger partial charge in [0.25, 0.3) is 5.91 Å². The van der Waals surface area contributed by atoms with Gasteiger partial charge in [0.2, 0.25) is 0 Å². The number of carbonyl (C=O) groups excluding carboxylic acids is 1. The Morgan fingerprint density at radius 3 is 2.92 bits per heavy atom. The summed E-state index contributed by atoms with van der Waals surface area (Å²) in [6.45, 7) is 4.76. The van der Waals surface area contributed by atoms with Crippen LogP contribution in [-0.4, -0.2) is 38.3 Å². The van der Waals surface area contributed by atoms with Crippen LogP contribution in [0.15, 0.2) is 35.1 Å². The van der Waals surface area contributed by atoms with Crippen LogP contribution in [0.1, 0.15) is 74.3 Å². The molecule has 0 aromatic carbocycles. The lowest BCUT2D eigenvalue weighted by Crippen LogP contribution is -2.41. The van der Waals surface area contributed by atoms with Gasteiger partial charge in [0.1, 0.15) is 17.6 Å². The van der Waals surface area contributed by atoms with Crippen molar-refractivity contribution in [3.05, 3.63) is 42.1 Å². The maximum absolute atomic E-state index is 13.2. The average Bonchev–Trinajstić information content (AvgIpc) is 3.24. The zero-order valence-electron chi connectivity index (χ0n) is 15.0. The summed E-state index contributed by atoms with van der Waals surface area (Å²) in [5, 5.41) is 14.8. The fraction of sp³-hybridized carbons (Fsp3) is 0.579. The molecule has 0 unspecified atom stereocenters. The van der Waals surface area contributed by atoms with E-state index in [1.165, 1.54) is 0 Å². The van der Waals surface area contributed by atoms with Gasteiger partial charge in [0.15, 0.2) is 0 Å². The third-order valence-corrected chi connectivity index (χ3v) is 4.88. The Labute approximate surface area is 148 Å². The Balaban J connectivity index is 1.80. The van der Waals surface area contributed by atoms with Crippen LogP contribution in [0.5, 0.6) is 0 Å². The Morgan fingerprint density at radius 1 is 1.36 bits per heavy atom. The maximum Gasteiger partial charge on any atom is 0.272 e. The fourth-order valence-electron chi connectivity index (χ4n) is 3.59. The van der Waals surface area contributed by atoms with E-state index in [0.29, 0.717) is 17.9 Å². The summed E-state index contributed by atoms with van der Waals surface area (Å²) in [6, 6.07) is 5.48. The van der Waals surface area contributed by atoms with Gasteiger partial charge >= 0.3 is 0 Å². The first-order chi connectivity index (χ1) is 12.1. The highest BCUT2D eigenvalue weighted by atomic mass is 16.4. The molecule has 0 radical (unpaired) electrons. The lowest BCUT2D eigenvalue weighted by molar-refractivity contribution is 0.0544. The molecule has 0 saturated carbocycles. The molecular formula is C19H27N3O3. The smallest absolute Gasteiger partial charge is 0.272 e.